The van der Waals surface area contributed by atoms with Crippen LogP contribution in [-0.2, 0) is 9.59 Å². The Morgan fingerprint density at radius 2 is 1.91 bits per heavy atom. The van der Waals surface area contributed by atoms with Gasteiger partial charge in [-0.2, -0.15) is 0 Å². The normalized spacial score (nSPS) is 13.1. The molecule has 0 aromatic heterocycles. The zero-order valence-corrected chi connectivity index (χ0v) is 6.53. The molecule has 0 aliphatic carbocycles. The number of aliphatic carboxylic acids is 1. The molecular formula is C7H11O4-. The van der Waals surface area contributed by atoms with Crippen molar-refractivity contribution in [1.82, 2.24) is 0 Å². The number of carboxylic acids is 1. The largest absolute Gasteiger partial charge is 0.547 e. The minimum Gasteiger partial charge on any atom is -0.547 e. The molecule has 0 saturated heterocycles. The van der Waals surface area contributed by atoms with E-state index in [1.54, 1.807) is 13.8 Å². The van der Waals surface area contributed by atoms with Crippen LogP contribution in [-0.4, -0.2) is 23.0 Å². The monoisotopic (exact) mass is 159 g/mol. The average Bonchev–Trinajstić information content (AvgIpc) is 1.87. The van der Waals surface area contributed by atoms with Crippen molar-refractivity contribution in [2.45, 2.75) is 26.4 Å². The lowest BCUT2D eigenvalue weighted by Gasteiger charge is -2.11. The maximum absolute atomic E-state index is 10.8. The second kappa shape index (κ2) is 4.08. The van der Waals surface area contributed by atoms with Crippen LogP contribution in [0.2, 0.25) is 0 Å². The first-order valence-corrected chi connectivity index (χ1v) is 3.36. The van der Waals surface area contributed by atoms with Crippen molar-refractivity contribution in [2.24, 2.45) is 5.92 Å². The van der Waals surface area contributed by atoms with Crippen LogP contribution in [0.5, 0.6) is 0 Å². The van der Waals surface area contributed by atoms with Gasteiger partial charge in [-0.05, 0) is 0 Å². The number of Topliss-reactive ketones (excluding diaryl/α,β-unsaturated/α-hetero) is 1. The van der Waals surface area contributed by atoms with Crippen molar-refractivity contribution in [2.75, 3.05) is 0 Å². The van der Waals surface area contributed by atoms with E-state index in [9.17, 15) is 14.7 Å². The smallest absolute Gasteiger partial charge is 0.138 e. The fourth-order valence-electron chi connectivity index (χ4n) is 0.510. The summed E-state index contributed by atoms with van der Waals surface area (Å²) in [5.74, 6) is -2.12. The van der Waals surface area contributed by atoms with Crippen LogP contribution in [0.25, 0.3) is 0 Å². The lowest BCUT2D eigenvalue weighted by atomic mass is 10.0. The minimum atomic E-state index is -1.66. The first-order chi connectivity index (χ1) is 4.95. The minimum absolute atomic E-state index is 0.246. The first-order valence-electron chi connectivity index (χ1n) is 3.36. The summed E-state index contributed by atoms with van der Waals surface area (Å²) in [6, 6.07) is 0. The van der Waals surface area contributed by atoms with Gasteiger partial charge in [0.1, 0.15) is 11.9 Å². The highest BCUT2D eigenvalue weighted by atomic mass is 16.4. The highest BCUT2D eigenvalue weighted by Crippen LogP contribution is 2.01. The van der Waals surface area contributed by atoms with E-state index in [-0.39, 0.29) is 18.1 Å². The molecule has 0 spiro atoms. The molecule has 0 rings (SSSR count). The van der Waals surface area contributed by atoms with Gasteiger partial charge in [-0.25, -0.2) is 0 Å². The lowest BCUT2D eigenvalue weighted by molar-refractivity contribution is -0.315. The van der Waals surface area contributed by atoms with E-state index < -0.39 is 12.1 Å². The molecular weight excluding hydrogens is 148 g/mol. The van der Waals surface area contributed by atoms with Gasteiger partial charge in [-0.15, -0.1) is 0 Å². The predicted octanol–water partition coefficient (Wildman–Crippen LogP) is -1.29. The second-order valence-electron chi connectivity index (χ2n) is 2.66. The summed E-state index contributed by atoms with van der Waals surface area (Å²) in [6.07, 6.45) is -2.02. The van der Waals surface area contributed by atoms with Gasteiger partial charge in [0, 0.05) is 12.3 Å². The summed E-state index contributed by atoms with van der Waals surface area (Å²) in [5, 5.41) is 18.6. The third kappa shape index (κ3) is 3.72. The summed E-state index contributed by atoms with van der Waals surface area (Å²) in [5.41, 5.74) is 0. The van der Waals surface area contributed by atoms with Crippen LogP contribution in [0.3, 0.4) is 0 Å². The molecule has 0 aliphatic heterocycles. The number of hydrogen-bond acceptors (Lipinski definition) is 4. The van der Waals surface area contributed by atoms with E-state index in [1.165, 1.54) is 0 Å². The molecule has 64 valence electrons. The number of aliphatic hydroxyl groups excluding tert-OH is 1. The van der Waals surface area contributed by atoms with Crippen LogP contribution in [0, 0.1) is 5.92 Å². The number of aliphatic hydroxyl groups is 1. The molecule has 0 radical (unpaired) electrons. The van der Waals surface area contributed by atoms with Crippen LogP contribution < -0.4 is 5.11 Å². The van der Waals surface area contributed by atoms with Gasteiger partial charge in [-0.1, -0.05) is 13.8 Å². The Kier molecular flexibility index (Phi) is 3.74. The van der Waals surface area contributed by atoms with E-state index in [1.807, 2.05) is 0 Å². The summed E-state index contributed by atoms with van der Waals surface area (Å²) in [7, 11) is 0. The Morgan fingerprint density at radius 1 is 1.45 bits per heavy atom. The van der Waals surface area contributed by atoms with Gasteiger partial charge in [0.25, 0.3) is 0 Å². The molecule has 1 unspecified atom stereocenters. The summed E-state index contributed by atoms with van der Waals surface area (Å²) in [6.45, 7) is 3.29. The molecule has 0 aromatic carbocycles. The maximum atomic E-state index is 10.8. The molecule has 0 saturated carbocycles. The quantitative estimate of drug-likeness (QED) is 0.553. The average molecular weight is 159 g/mol. The fraction of sp³-hybridized carbons (Fsp3) is 0.714. The van der Waals surface area contributed by atoms with Crippen molar-refractivity contribution in [3.63, 3.8) is 0 Å². The number of carboxylic acid groups (broad SMARTS) is 1. The van der Waals surface area contributed by atoms with Crippen LogP contribution in [0.1, 0.15) is 20.3 Å². The zero-order chi connectivity index (χ0) is 9.02. The fourth-order valence-corrected chi connectivity index (χ4v) is 0.510. The molecule has 11 heavy (non-hydrogen) atoms. The summed E-state index contributed by atoms with van der Waals surface area (Å²) >= 11 is 0. The van der Waals surface area contributed by atoms with Crippen molar-refractivity contribution in [1.29, 1.82) is 0 Å². The standard InChI is InChI=1S/C7H12O4/c1-4(2)5(8)3-6(9)7(10)11/h4,6,9H,3H2,1-2H3,(H,10,11)/p-1. The van der Waals surface area contributed by atoms with Gasteiger partial charge in [-0.3, -0.25) is 4.79 Å². The van der Waals surface area contributed by atoms with E-state index in [0.29, 0.717) is 0 Å². The molecule has 4 heteroatoms. The number of ketones is 1. The number of hydrogen-bond donors (Lipinski definition) is 1. The van der Waals surface area contributed by atoms with E-state index >= 15 is 0 Å². The van der Waals surface area contributed by atoms with Gasteiger partial charge >= 0.3 is 0 Å². The highest BCUT2D eigenvalue weighted by molar-refractivity contribution is 5.85. The van der Waals surface area contributed by atoms with Gasteiger partial charge < -0.3 is 15.0 Å². The molecule has 0 aromatic rings. The SMILES string of the molecule is CC(C)C(=O)CC(O)C(=O)[O-]. The Labute approximate surface area is 64.8 Å². The number of carbonyl (C=O) groups is 2. The Bertz CT molecular complexity index is 162. The van der Waals surface area contributed by atoms with E-state index in [2.05, 4.69) is 0 Å². The van der Waals surface area contributed by atoms with Crippen molar-refractivity contribution >= 4 is 11.8 Å². The molecule has 0 aliphatic rings. The van der Waals surface area contributed by atoms with E-state index in [0.717, 1.165) is 0 Å². The molecule has 0 amide bonds. The van der Waals surface area contributed by atoms with E-state index in [4.69, 9.17) is 5.11 Å². The molecule has 1 atom stereocenters. The topological polar surface area (TPSA) is 77.4 Å². The maximum Gasteiger partial charge on any atom is 0.138 e. The molecule has 4 nitrogen and oxygen atoms in total. The Balaban J connectivity index is 3.85. The Hall–Kier alpha value is -0.900. The lowest BCUT2D eigenvalue weighted by Crippen LogP contribution is -2.37. The van der Waals surface area contributed by atoms with Crippen LogP contribution in [0.4, 0.5) is 0 Å². The molecule has 0 fully saturated rings. The van der Waals surface area contributed by atoms with Crippen LogP contribution in [0.15, 0.2) is 0 Å². The third-order valence-electron chi connectivity index (χ3n) is 1.31. The van der Waals surface area contributed by atoms with Gasteiger partial charge in [0.05, 0.1) is 5.97 Å². The molecule has 1 N–H and O–H groups in total. The van der Waals surface area contributed by atoms with Gasteiger partial charge in [0.15, 0.2) is 0 Å². The van der Waals surface area contributed by atoms with Crippen molar-refractivity contribution in [3.05, 3.63) is 0 Å². The predicted molar refractivity (Wildman–Crippen MR) is 35.5 cm³/mol. The highest BCUT2D eigenvalue weighted by Gasteiger charge is 2.13. The van der Waals surface area contributed by atoms with Crippen LogP contribution >= 0.6 is 0 Å². The molecule has 0 heterocycles. The second-order valence-corrected chi connectivity index (χ2v) is 2.66. The number of rotatable bonds is 4. The van der Waals surface area contributed by atoms with Crippen molar-refractivity contribution in [3.8, 4) is 0 Å². The zero-order valence-electron chi connectivity index (χ0n) is 6.53. The summed E-state index contributed by atoms with van der Waals surface area (Å²) in [4.78, 5) is 20.8. The Morgan fingerprint density at radius 3 is 2.18 bits per heavy atom. The number of carbonyl (C=O) groups excluding carboxylic acids is 2. The van der Waals surface area contributed by atoms with Crippen molar-refractivity contribution < 1.29 is 19.8 Å². The first kappa shape index (κ1) is 10.1. The van der Waals surface area contributed by atoms with Gasteiger partial charge in [0.2, 0.25) is 0 Å². The molecule has 0 bridgehead atoms. The summed E-state index contributed by atoms with van der Waals surface area (Å²) < 4.78 is 0. The third-order valence-corrected chi connectivity index (χ3v) is 1.31.